The molecule has 0 saturated carbocycles. The van der Waals surface area contributed by atoms with Crippen molar-refractivity contribution >= 4 is 17.9 Å². The van der Waals surface area contributed by atoms with E-state index in [0.29, 0.717) is 43.4 Å². The van der Waals surface area contributed by atoms with Crippen LogP contribution in [0.1, 0.15) is 90.4 Å². The predicted octanol–water partition coefficient (Wildman–Crippen LogP) is 4.70. The largest absolute Gasteiger partial charge is 0.481 e. The molecule has 0 rings (SSSR count). The van der Waals surface area contributed by atoms with E-state index in [2.05, 4.69) is 19.1 Å². The molecule has 0 fully saturated rings. The molecule has 0 spiro atoms. The molecule has 0 bridgehead atoms. The van der Waals surface area contributed by atoms with Crippen LogP contribution < -0.4 is 0 Å². The highest BCUT2D eigenvalue weighted by molar-refractivity contribution is 5.67. The Balaban J connectivity index is 4.75. The Labute approximate surface area is 181 Å². The number of hydrogen-bond acceptors (Lipinski definition) is 3. The molecule has 174 valence electrons. The number of aliphatic carboxylic acids is 3. The van der Waals surface area contributed by atoms with Crippen LogP contribution in [0.4, 0.5) is 0 Å². The summed E-state index contributed by atoms with van der Waals surface area (Å²) in [5, 5.41) is 27.0. The number of unbranched alkanes of at least 4 members (excludes halogenated alkanes) is 5. The van der Waals surface area contributed by atoms with Crippen molar-refractivity contribution in [3.05, 3.63) is 12.2 Å². The Morgan fingerprint density at radius 3 is 1.40 bits per heavy atom. The fourth-order valence-corrected chi connectivity index (χ4v) is 3.81. The number of quaternary nitrogens is 1. The van der Waals surface area contributed by atoms with Gasteiger partial charge in [-0.3, -0.25) is 14.4 Å². The van der Waals surface area contributed by atoms with Crippen LogP contribution in [0.2, 0.25) is 0 Å². The first kappa shape index (κ1) is 28.1. The zero-order valence-electron chi connectivity index (χ0n) is 18.7. The van der Waals surface area contributed by atoms with Gasteiger partial charge in [-0.1, -0.05) is 31.9 Å². The van der Waals surface area contributed by atoms with Crippen molar-refractivity contribution in [2.45, 2.75) is 90.4 Å². The van der Waals surface area contributed by atoms with E-state index >= 15 is 0 Å². The van der Waals surface area contributed by atoms with Gasteiger partial charge in [-0.15, -0.1) is 0 Å². The van der Waals surface area contributed by atoms with Gasteiger partial charge in [-0.05, 0) is 32.1 Å². The molecule has 0 atom stereocenters. The number of rotatable bonds is 21. The lowest BCUT2D eigenvalue weighted by Crippen LogP contribution is -2.51. The minimum absolute atomic E-state index is 0.0837. The molecule has 0 aromatic heterocycles. The standard InChI is InChI=1S/C23H41NO6/c1-2-3-4-5-6-7-8-9-10-17-24(18-11-14-21(25)26,19-12-15-22(27)28)20-13-16-23(29)30/h5-6H,2-4,7-20H2,1H3,(H2-,25,26,27,28,29,30)/p+1/b6-5+. The molecule has 0 saturated heterocycles. The molecule has 3 N–H and O–H groups in total. The van der Waals surface area contributed by atoms with Crippen molar-refractivity contribution < 1.29 is 34.2 Å². The van der Waals surface area contributed by atoms with Gasteiger partial charge in [0.05, 0.1) is 45.4 Å². The van der Waals surface area contributed by atoms with Crippen molar-refractivity contribution in [2.75, 3.05) is 26.2 Å². The van der Waals surface area contributed by atoms with Gasteiger partial charge in [0, 0.05) is 19.3 Å². The summed E-state index contributed by atoms with van der Waals surface area (Å²) >= 11 is 0. The Morgan fingerprint density at radius 1 is 0.600 bits per heavy atom. The quantitative estimate of drug-likeness (QED) is 0.139. The lowest BCUT2D eigenvalue weighted by molar-refractivity contribution is -0.929. The molecule has 0 aliphatic rings. The number of allylic oxidation sites excluding steroid dienone is 2. The summed E-state index contributed by atoms with van der Waals surface area (Å²) in [6.07, 6.45) is 14.1. The van der Waals surface area contributed by atoms with Crippen LogP contribution in [0.25, 0.3) is 0 Å². The second kappa shape index (κ2) is 17.9. The Bertz CT molecular complexity index is 468. The van der Waals surface area contributed by atoms with Crippen LogP contribution in [-0.4, -0.2) is 63.9 Å². The lowest BCUT2D eigenvalue weighted by atomic mass is 10.1. The molecule has 0 radical (unpaired) electrons. The molecular weight excluding hydrogens is 386 g/mol. The van der Waals surface area contributed by atoms with Gasteiger partial charge in [0.15, 0.2) is 0 Å². The number of carboxylic acid groups (broad SMARTS) is 3. The molecule has 0 aliphatic heterocycles. The highest BCUT2D eigenvalue weighted by Gasteiger charge is 2.27. The summed E-state index contributed by atoms with van der Waals surface area (Å²) in [4.78, 5) is 32.8. The minimum Gasteiger partial charge on any atom is -0.481 e. The molecule has 7 nitrogen and oxygen atoms in total. The van der Waals surface area contributed by atoms with Gasteiger partial charge in [0.1, 0.15) is 0 Å². The molecule has 0 aromatic rings. The van der Waals surface area contributed by atoms with Crippen LogP contribution >= 0.6 is 0 Å². The maximum atomic E-state index is 10.9. The van der Waals surface area contributed by atoms with E-state index in [1.54, 1.807) is 0 Å². The monoisotopic (exact) mass is 428 g/mol. The molecule has 0 unspecified atom stereocenters. The molecule has 0 aliphatic carbocycles. The molecule has 30 heavy (non-hydrogen) atoms. The number of hydrogen-bond donors (Lipinski definition) is 3. The van der Waals surface area contributed by atoms with Gasteiger partial charge in [-0.2, -0.15) is 0 Å². The fraction of sp³-hybridized carbons (Fsp3) is 0.783. The minimum atomic E-state index is -0.834. The van der Waals surface area contributed by atoms with Gasteiger partial charge in [0.25, 0.3) is 0 Å². The van der Waals surface area contributed by atoms with E-state index in [0.717, 1.165) is 38.6 Å². The first-order valence-corrected chi connectivity index (χ1v) is 11.5. The zero-order chi connectivity index (χ0) is 22.7. The van der Waals surface area contributed by atoms with E-state index in [-0.39, 0.29) is 19.3 Å². The van der Waals surface area contributed by atoms with Crippen LogP contribution in [0.5, 0.6) is 0 Å². The molecule has 0 amide bonds. The van der Waals surface area contributed by atoms with Gasteiger partial charge < -0.3 is 19.8 Å². The summed E-state index contributed by atoms with van der Waals surface area (Å²) < 4.78 is 0.625. The van der Waals surface area contributed by atoms with E-state index in [4.69, 9.17) is 15.3 Å². The van der Waals surface area contributed by atoms with E-state index in [9.17, 15) is 14.4 Å². The van der Waals surface area contributed by atoms with Crippen molar-refractivity contribution in [3.63, 3.8) is 0 Å². The number of nitrogens with zero attached hydrogens (tertiary/aromatic N) is 1. The van der Waals surface area contributed by atoms with Crippen molar-refractivity contribution in [1.29, 1.82) is 0 Å². The van der Waals surface area contributed by atoms with E-state index in [1.807, 2.05) is 0 Å². The van der Waals surface area contributed by atoms with Gasteiger partial charge in [0.2, 0.25) is 0 Å². The highest BCUT2D eigenvalue weighted by atomic mass is 16.4. The van der Waals surface area contributed by atoms with Gasteiger partial charge in [-0.25, -0.2) is 0 Å². The van der Waals surface area contributed by atoms with Crippen molar-refractivity contribution in [2.24, 2.45) is 0 Å². The Kier molecular flexibility index (Phi) is 16.8. The first-order chi connectivity index (χ1) is 14.3. The summed E-state index contributed by atoms with van der Waals surface area (Å²) in [7, 11) is 0. The highest BCUT2D eigenvalue weighted by Crippen LogP contribution is 2.18. The topological polar surface area (TPSA) is 112 Å². The maximum Gasteiger partial charge on any atom is 0.303 e. The van der Waals surface area contributed by atoms with E-state index < -0.39 is 17.9 Å². The first-order valence-electron chi connectivity index (χ1n) is 11.5. The average molecular weight is 429 g/mol. The Morgan fingerprint density at radius 2 is 1.00 bits per heavy atom. The third kappa shape index (κ3) is 17.0. The zero-order valence-corrected chi connectivity index (χ0v) is 18.7. The van der Waals surface area contributed by atoms with E-state index in [1.165, 1.54) is 12.8 Å². The summed E-state index contributed by atoms with van der Waals surface area (Å²) in [6.45, 7) is 4.99. The van der Waals surface area contributed by atoms with Crippen LogP contribution in [0, 0.1) is 0 Å². The maximum absolute atomic E-state index is 10.9. The smallest absolute Gasteiger partial charge is 0.303 e. The van der Waals surface area contributed by atoms with Crippen LogP contribution in [0.15, 0.2) is 12.2 Å². The lowest BCUT2D eigenvalue weighted by Gasteiger charge is -2.39. The summed E-state index contributed by atoms with van der Waals surface area (Å²) in [5.41, 5.74) is 0. The third-order valence-corrected chi connectivity index (χ3v) is 5.46. The molecule has 0 heterocycles. The fourth-order valence-electron chi connectivity index (χ4n) is 3.81. The molecule has 7 heteroatoms. The van der Waals surface area contributed by atoms with Crippen LogP contribution in [-0.2, 0) is 14.4 Å². The predicted molar refractivity (Wildman–Crippen MR) is 117 cm³/mol. The number of carbonyl (C=O) groups is 3. The van der Waals surface area contributed by atoms with Crippen molar-refractivity contribution in [1.82, 2.24) is 0 Å². The number of carboxylic acids is 3. The SMILES string of the molecule is CCCC/C=C/CCCCC[N+](CCCC(=O)O)(CCCC(=O)O)CCCC(=O)O. The van der Waals surface area contributed by atoms with Crippen LogP contribution in [0.3, 0.4) is 0 Å². The Hall–Kier alpha value is -1.89. The second-order valence-corrected chi connectivity index (χ2v) is 8.19. The summed E-state index contributed by atoms with van der Waals surface area (Å²) in [5.74, 6) is -2.50. The van der Waals surface area contributed by atoms with Crippen molar-refractivity contribution in [3.8, 4) is 0 Å². The van der Waals surface area contributed by atoms with Gasteiger partial charge >= 0.3 is 17.9 Å². The normalized spacial score (nSPS) is 11.8. The second-order valence-electron chi connectivity index (χ2n) is 8.19. The average Bonchev–Trinajstić information content (AvgIpc) is 2.65. The summed E-state index contributed by atoms with van der Waals surface area (Å²) in [6, 6.07) is 0. The third-order valence-electron chi connectivity index (χ3n) is 5.46. The molecule has 0 aromatic carbocycles. The molecular formula is C23H42NO6+.